The molecule has 3 heteroatoms. The third-order valence-electron chi connectivity index (χ3n) is 9.10. The molecule has 0 saturated heterocycles. The number of rotatable bonds is 1. The standard InChI is InChI=1S/C37H23BN2/c39-22-23-19-27-10-5-12-30-31-13-6-14-33-37(31)38(32(20-23)35(27)30)36-29-11-4-3-8-25(29)16-18-34(36)40(33)28-17-15-24-7-1-2-9-26(24)21-28/h1-3,5-10,12-21H,4,11H2. The van der Waals surface area contributed by atoms with E-state index >= 15 is 0 Å². The van der Waals surface area contributed by atoms with Crippen LogP contribution in [0, 0.1) is 11.3 Å². The van der Waals surface area contributed by atoms with Gasteiger partial charge in [0.25, 0.3) is 0 Å². The Labute approximate surface area is 233 Å². The normalized spacial score (nSPS) is 14.1. The molecule has 6 aromatic carbocycles. The van der Waals surface area contributed by atoms with Crippen LogP contribution in [0.15, 0.2) is 109 Å². The first-order valence-electron chi connectivity index (χ1n) is 14.0. The molecule has 0 fully saturated rings. The predicted molar refractivity (Wildman–Crippen MR) is 168 cm³/mol. The SMILES string of the molecule is N#Cc1cc2c3c(cccc3c1)-c1cccc3c1B2c1c(ccc2c1CCC=C2)N3c1ccc2ccccc2c1. The molecule has 0 spiro atoms. The number of anilines is 3. The van der Waals surface area contributed by atoms with Gasteiger partial charge < -0.3 is 4.90 Å². The van der Waals surface area contributed by atoms with Crippen LogP contribution in [0.25, 0.3) is 38.7 Å². The summed E-state index contributed by atoms with van der Waals surface area (Å²) in [6.07, 6.45) is 6.66. The van der Waals surface area contributed by atoms with E-state index in [9.17, 15) is 5.26 Å². The highest BCUT2D eigenvalue weighted by molar-refractivity contribution is 7.01. The zero-order chi connectivity index (χ0) is 26.4. The highest BCUT2D eigenvalue weighted by Gasteiger charge is 2.42. The van der Waals surface area contributed by atoms with Crippen LogP contribution in [0.3, 0.4) is 0 Å². The number of fused-ring (bicyclic) bond motifs is 7. The smallest absolute Gasteiger partial charge is 0.248 e. The fourth-order valence-electron chi connectivity index (χ4n) is 7.50. The summed E-state index contributed by atoms with van der Waals surface area (Å²) in [5, 5.41) is 14.9. The van der Waals surface area contributed by atoms with Gasteiger partial charge in [0.1, 0.15) is 0 Å². The van der Waals surface area contributed by atoms with Crippen LogP contribution in [0.5, 0.6) is 0 Å². The molecule has 0 saturated carbocycles. The summed E-state index contributed by atoms with van der Waals surface area (Å²) in [4.78, 5) is 2.48. The van der Waals surface area contributed by atoms with Crippen LogP contribution in [0.2, 0.25) is 0 Å². The molecule has 0 N–H and O–H groups in total. The van der Waals surface area contributed by atoms with E-state index in [4.69, 9.17) is 0 Å². The van der Waals surface area contributed by atoms with E-state index in [-0.39, 0.29) is 6.71 Å². The minimum Gasteiger partial charge on any atom is -0.311 e. The number of hydrogen-bond donors (Lipinski definition) is 0. The Kier molecular flexibility index (Phi) is 4.35. The highest BCUT2D eigenvalue weighted by Crippen LogP contribution is 2.43. The Bertz CT molecular complexity index is 2150. The van der Waals surface area contributed by atoms with E-state index in [1.165, 1.54) is 71.9 Å². The van der Waals surface area contributed by atoms with Crippen LogP contribution in [0.4, 0.5) is 17.1 Å². The van der Waals surface area contributed by atoms with Crippen molar-refractivity contribution >= 4 is 67.8 Å². The average Bonchev–Trinajstić information content (AvgIpc) is 3.02. The molecule has 9 rings (SSSR count). The van der Waals surface area contributed by atoms with Crippen LogP contribution in [-0.4, -0.2) is 6.71 Å². The van der Waals surface area contributed by atoms with Crippen LogP contribution in [-0.2, 0) is 6.42 Å². The lowest BCUT2D eigenvalue weighted by Crippen LogP contribution is -2.60. The fourth-order valence-corrected chi connectivity index (χ4v) is 7.50. The summed E-state index contributed by atoms with van der Waals surface area (Å²) in [7, 11) is 0. The molecule has 184 valence electrons. The van der Waals surface area contributed by atoms with Gasteiger partial charge in [0.05, 0.1) is 11.6 Å². The lowest BCUT2D eigenvalue weighted by molar-refractivity contribution is 0.992. The van der Waals surface area contributed by atoms with Crippen molar-refractivity contribution in [2.24, 2.45) is 0 Å². The number of nitriles is 1. The van der Waals surface area contributed by atoms with Gasteiger partial charge in [-0.3, -0.25) is 0 Å². The Hall–Kier alpha value is -5.07. The van der Waals surface area contributed by atoms with Gasteiger partial charge in [-0.1, -0.05) is 84.3 Å². The van der Waals surface area contributed by atoms with Gasteiger partial charge in [0.15, 0.2) is 0 Å². The average molecular weight is 506 g/mol. The summed E-state index contributed by atoms with van der Waals surface area (Å²) >= 11 is 0. The maximum absolute atomic E-state index is 10.0. The number of nitrogens with zero attached hydrogens (tertiary/aromatic N) is 2. The van der Waals surface area contributed by atoms with Gasteiger partial charge >= 0.3 is 0 Å². The minimum absolute atomic E-state index is 0.0741. The van der Waals surface area contributed by atoms with Crippen molar-refractivity contribution in [3.05, 3.63) is 126 Å². The van der Waals surface area contributed by atoms with E-state index in [1.54, 1.807) is 0 Å². The Morgan fingerprint density at radius 1 is 0.700 bits per heavy atom. The van der Waals surface area contributed by atoms with Crippen molar-refractivity contribution in [3.8, 4) is 17.2 Å². The second-order valence-corrected chi connectivity index (χ2v) is 11.1. The molecule has 2 aliphatic heterocycles. The number of allylic oxidation sites excluding steroid dienone is 1. The summed E-state index contributed by atoms with van der Waals surface area (Å²) in [6.45, 7) is 0.0741. The van der Waals surface area contributed by atoms with Gasteiger partial charge in [0, 0.05) is 17.1 Å². The summed E-state index contributed by atoms with van der Waals surface area (Å²) in [5.41, 5.74) is 13.7. The predicted octanol–water partition coefficient (Wildman–Crippen LogP) is 7.10. The first-order chi connectivity index (χ1) is 19.8. The molecule has 3 aliphatic rings. The minimum atomic E-state index is 0.0741. The van der Waals surface area contributed by atoms with E-state index in [0.717, 1.165) is 23.8 Å². The molecule has 0 radical (unpaired) electrons. The maximum atomic E-state index is 10.0. The molecule has 40 heavy (non-hydrogen) atoms. The molecular formula is C37H23BN2. The Balaban J connectivity index is 1.44. The molecule has 0 aromatic heterocycles. The Morgan fingerprint density at radius 2 is 1.52 bits per heavy atom. The Morgan fingerprint density at radius 3 is 2.45 bits per heavy atom. The largest absolute Gasteiger partial charge is 0.311 e. The third-order valence-corrected chi connectivity index (χ3v) is 9.10. The van der Waals surface area contributed by atoms with Crippen molar-refractivity contribution in [1.82, 2.24) is 0 Å². The van der Waals surface area contributed by atoms with Gasteiger partial charge in [-0.15, -0.1) is 0 Å². The lowest BCUT2D eigenvalue weighted by Gasteiger charge is -2.42. The van der Waals surface area contributed by atoms with E-state index in [2.05, 4.69) is 120 Å². The molecular weight excluding hydrogens is 483 g/mol. The second-order valence-electron chi connectivity index (χ2n) is 11.1. The maximum Gasteiger partial charge on any atom is 0.248 e. The van der Waals surface area contributed by atoms with Crippen molar-refractivity contribution in [2.45, 2.75) is 12.8 Å². The molecule has 0 bridgehead atoms. The van der Waals surface area contributed by atoms with Crippen LogP contribution >= 0.6 is 0 Å². The number of benzene rings is 6. The first kappa shape index (κ1) is 21.8. The second kappa shape index (κ2) is 7.98. The van der Waals surface area contributed by atoms with Gasteiger partial charge in [0.2, 0.25) is 6.71 Å². The molecule has 6 aromatic rings. The van der Waals surface area contributed by atoms with E-state index in [0.29, 0.717) is 0 Å². The van der Waals surface area contributed by atoms with Crippen molar-refractivity contribution in [3.63, 3.8) is 0 Å². The van der Waals surface area contributed by atoms with Crippen molar-refractivity contribution < 1.29 is 0 Å². The first-order valence-corrected chi connectivity index (χ1v) is 14.0. The summed E-state index contributed by atoms with van der Waals surface area (Å²) in [5.74, 6) is 0. The molecule has 1 aliphatic carbocycles. The fraction of sp³-hybridized carbons (Fsp3) is 0.0541. The zero-order valence-corrected chi connectivity index (χ0v) is 21.9. The van der Waals surface area contributed by atoms with Gasteiger partial charge in [-0.25, -0.2) is 0 Å². The van der Waals surface area contributed by atoms with E-state index in [1.807, 2.05) is 6.07 Å². The molecule has 0 amide bonds. The monoisotopic (exact) mass is 506 g/mol. The highest BCUT2D eigenvalue weighted by atomic mass is 15.1. The lowest BCUT2D eigenvalue weighted by atomic mass is 9.31. The summed E-state index contributed by atoms with van der Waals surface area (Å²) in [6, 6.07) is 40.0. The van der Waals surface area contributed by atoms with E-state index < -0.39 is 0 Å². The van der Waals surface area contributed by atoms with Gasteiger partial charge in [-0.05, 0) is 104 Å². The van der Waals surface area contributed by atoms with Gasteiger partial charge in [-0.2, -0.15) is 5.26 Å². The molecule has 2 heterocycles. The topological polar surface area (TPSA) is 27.0 Å². The molecule has 2 nitrogen and oxygen atoms in total. The molecule has 0 unspecified atom stereocenters. The zero-order valence-electron chi connectivity index (χ0n) is 21.9. The number of hydrogen-bond acceptors (Lipinski definition) is 2. The van der Waals surface area contributed by atoms with Crippen molar-refractivity contribution in [2.75, 3.05) is 4.90 Å². The van der Waals surface area contributed by atoms with Crippen molar-refractivity contribution in [1.29, 1.82) is 5.26 Å². The quantitative estimate of drug-likeness (QED) is 0.222. The van der Waals surface area contributed by atoms with Crippen LogP contribution in [0.1, 0.15) is 23.1 Å². The third kappa shape index (κ3) is 2.83. The molecule has 0 atom stereocenters. The van der Waals surface area contributed by atoms with Crippen LogP contribution < -0.4 is 21.3 Å². The summed E-state index contributed by atoms with van der Waals surface area (Å²) < 4.78 is 0.